The smallest absolute Gasteiger partial charge is 0.416 e. The maximum atomic E-state index is 14.5. The third kappa shape index (κ3) is 11.2. The van der Waals surface area contributed by atoms with Crippen molar-refractivity contribution in [3.63, 3.8) is 0 Å². The number of piperidine rings is 1. The predicted octanol–water partition coefficient (Wildman–Crippen LogP) is 5.54. The van der Waals surface area contributed by atoms with Crippen LogP contribution in [0.25, 0.3) is 22.0 Å². The summed E-state index contributed by atoms with van der Waals surface area (Å²) in [4.78, 5) is 55.5. The van der Waals surface area contributed by atoms with Gasteiger partial charge in [-0.15, -0.1) is 0 Å². The van der Waals surface area contributed by atoms with Crippen LogP contribution in [0.2, 0.25) is 0 Å². The highest BCUT2D eigenvalue weighted by molar-refractivity contribution is 5.83. The summed E-state index contributed by atoms with van der Waals surface area (Å²) in [5.41, 5.74) is 1.75. The summed E-state index contributed by atoms with van der Waals surface area (Å²) in [5.74, 6) is -5.33. The quantitative estimate of drug-likeness (QED) is 0.110. The number of aromatic nitrogens is 2. The standard InChI is InChI=1S/C39H37F5N4O2.C4H6O6/c1-2-46-22-20-31(21-23-46)47(24-26-10-12-27(13-11-26)28-14-17-30(18-15-28)39(42,43)44)36(49)25-48-34-9-4-3-7-32(34)38(50)45-35(48)19-16-29-6-5-8-33(40)37(29)41;5-1(3(7)8)2(6)4(9)10/h3-15,17-18,31H,2,16,19-25H2,1H3;1-2,5-6H,(H,7,8)(H,9,10)/t;1-,2-/m.1/s1. The lowest BCUT2D eigenvalue weighted by molar-refractivity contribution is -0.165. The third-order valence-electron chi connectivity index (χ3n) is 10.3. The fourth-order valence-corrected chi connectivity index (χ4v) is 6.94. The second-order valence-electron chi connectivity index (χ2n) is 14.2. The van der Waals surface area contributed by atoms with Crippen LogP contribution in [0.3, 0.4) is 0 Å². The van der Waals surface area contributed by atoms with E-state index in [1.165, 1.54) is 24.3 Å². The molecule has 17 heteroatoms. The summed E-state index contributed by atoms with van der Waals surface area (Å²) in [6, 6.07) is 23.2. The first-order valence-electron chi connectivity index (χ1n) is 19.0. The van der Waals surface area contributed by atoms with Gasteiger partial charge in [-0.25, -0.2) is 18.4 Å². The summed E-state index contributed by atoms with van der Waals surface area (Å²) in [7, 11) is 0. The van der Waals surface area contributed by atoms with E-state index in [2.05, 4.69) is 16.8 Å². The number of aryl methyl sites for hydroxylation is 2. The highest BCUT2D eigenvalue weighted by Crippen LogP contribution is 2.31. The van der Waals surface area contributed by atoms with Crippen LogP contribution in [-0.2, 0) is 46.5 Å². The van der Waals surface area contributed by atoms with Gasteiger partial charge in [0.1, 0.15) is 12.4 Å². The second kappa shape index (κ2) is 19.8. The molecule has 0 spiro atoms. The summed E-state index contributed by atoms with van der Waals surface area (Å²) in [6.45, 7) is 4.88. The Labute approximate surface area is 340 Å². The zero-order chi connectivity index (χ0) is 43.7. The Morgan fingerprint density at radius 1 is 0.817 bits per heavy atom. The molecule has 1 saturated heterocycles. The van der Waals surface area contributed by atoms with Gasteiger partial charge in [-0.2, -0.15) is 18.2 Å². The number of aliphatic hydroxyl groups is 2. The lowest BCUT2D eigenvalue weighted by Crippen LogP contribution is -2.48. The van der Waals surface area contributed by atoms with Gasteiger partial charge in [0.2, 0.25) is 5.91 Å². The molecule has 1 aliphatic heterocycles. The van der Waals surface area contributed by atoms with Crippen molar-refractivity contribution in [3.8, 4) is 11.1 Å². The zero-order valence-corrected chi connectivity index (χ0v) is 32.4. The van der Waals surface area contributed by atoms with Crippen LogP contribution in [0.1, 0.15) is 42.3 Å². The van der Waals surface area contributed by atoms with Gasteiger partial charge in [0, 0.05) is 32.1 Å². The minimum atomic E-state index is -4.41. The van der Waals surface area contributed by atoms with Gasteiger partial charge in [0.25, 0.3) is 5.56 Å². The van der Waals surface area contributed by atoms with Crippen molar-refractivity contribution >= 4 is 28.7 Å². The zero-order valence-electron chi connectivity index (χ0n) is 32.4. The number of benzene rings is 4. The van der Waals surface area contributed by atoms with Crippen LogP contribution in [0, 0.1) is 11.6 Å². The summed E-state index contributed by atoms with van der Waals surface area (Å²) in [6.07, 6.45) is -7.21. The topological polar surface area (TPSA) is 174 Å². The van der Waals surface area contributed by atoms with Crippen LogP contribution in [0.5, 0.6) is 0 Å². The SMILES string of the molecule is CCN1CCC(N(Cc2ccc(-c3ccc(C(F)(F)F)cc3)cc2)C(=O)Cn2c(CCc3cccc(F)c3F)nc(=O)c3ccccc32)CC1.O=C(O)[C@H](O)[C@@H](O)C(=O)O. The highest BCUT2D eigenvalue weighted by Gasteiger charge is 2.31. The van der Waals surface area contributed by atoms with Gasteiger partial charge < -0.3 is 34.8 Å². The minimum Gasteiger partial charge on any atom is -0.479 e. The number of amides is 1. The van der Waals surface area contributed by atoms with Crippen molar-refractivity contribution in [1.82, 2.24) is 19.4 Å². The summed E-state index contributed by atoms with van der Waals surface area (Å²) < 4.78 is 69.4. The Balaban J connectivity index is 0.000000606. The molecule has 318 valence electrons. The van der Waals surface area contributed by atoms with E-state index >= 15 is 0 Å². The average molecular weight is 839 g/mol. The maximum Gasteiger partial charge on any atom is 0.416 e. The Kier molecular flexibility index (Phi) is 14.9. The molecule has 2 heterocycles. The van der Waals surface area contributed by atoms with Crippen LogP contribution in [0.4, 0.5) is 22.0 Å². The number of hydrogen-bond acceptors (Lipinski definition) is 8. The first kappa shape index (κ1) is 45.1. The average Bonchev–Trinajstić information content (AvgIpc) is 3.24. The number of carbonyl (C=O) groups is 3. The first-order chi connectivity index (χ1) is 28.5. The van der Waals surface area contributed by atoms with E-state index in [9.17, 15) is 41.1 Å². The fourth-order valence-electron chi connectivity index (χ4n) is 6.94. The Hall–Kier alpha value is -6.04. The van der Waals surface area contributed by atoms with Gasteiger partial charge in [-0.05, 0) is 78.4 Å². The normalized spacial score (nSPS) is 14.5. The highest BCUT2D eigenvalue weighted by atomic mass is 19.4. The third-order valence-corrected chi connectivity index (χ3v) is 10.3. The molecule has 1 amide bonds. The Morgan fingerprint density at radius 2 is 1.40 bits per heavy atom. The molecule has 0 bridgehead atoms. The van der Waals surface area contributed by atoms with E-state index in [0.29, 0.717) is 28.8 Å². The first-order valence-corrected chi connectivity index (χ1v) is 19.0. The predicted molar refractivity (Wildman–Crippen MR) is 210 cm³/mol. The largest absolute Gasteiger partial charge is 0.479 e. The number of aliphatic hydroxyl groups excluding tert-OH is 2. The number of para-hydroxylation sites is 1. The van der Waals surface area contributed by atoms with Crippen LogP contribution in [0.15, 0.2) is 95.8 Å². The number of carboxylic acid groups (broad SMARTS) is 2. The van der Waals surface area contributed by atoms with Crippen molar-refractivity contribution in [2.75, 3.05) is 19.6 Å². The van der Waals surface area contributed by atoms with Gasteiger partial charge >= 0.3 is 18.1 Å². The van der Waals surface area contributed by atoms with E-state index < -0.39 is 53.1 Å². The minimum absolute atomic E-state index is 0.0525. The monoisotopic (exact) mass is 838 g/mol. The van der Waals surface area contributed by atoms with Gasteiger partial charge in [0.15, 0.2) is 23.8 Å². The van der Waals surface area contributed by atoms with Crippen molar-refractivity contribution in [2.45, 2.75) is 70.1 Å². The number of fused-ring (bicyclic) bond motifs is 1. The van der Waals surface area contributed by atoms with Crippen LogP contribution in [-0.4, -0.2) is 95.5 Å². The van der Waals surface area contributed by atoms with Crippen LogP contribution < -0.4 is 5.56 Å². The lowest BCUT2D eigenvalue weighted by Gasteiger charge is -2.38. The molecular weight excluding hydrogens is 795 g/mol. The molecular formula is C43H43F5N4O8. The second-order valence-corrected chi connectivity index (χ2v) is 14.2. The molecule has 1 aliphatic rings. The number of rotatable bonds is 13. The van der Waals surface area contributed by atoms with Gasteiger partial charge in [-0.3, -0.25) is 9.59 Å². The molecule has 0 unspecified atom stereocenters. The molecule has 2 atom stereocenters. The lowest BCUT2D eigenvalue weighted by atomic mass is 10.00. The number of alkyl halides is 3. The molecule has 1 fully saturated rings. The number of halogens is 5. The number of carbonyl (C=O) groups excluding carboxylic acids is 1. The van der Waals surface area contributed by atoms with Crippen molar-refractivity contribution in [1.29, 1.82) is 0 Å². The Bertz CT molecular complexity index is 2330. The summed E-state index contributed by atoms with van der Waals surface area (Å²) >= 11 is 0. The summed E-state index contributed by atoms with van der Waals surface area (Å²) in [5, 5.41) is 32.9. The van der Waals surface area contributed by atoms with Crippen molar-refractivity contribution < 1.29 is 56.8 Å². The molecule has 60 heavy (non-hydrogen) atoms. The number of likely N-dealkylation sites (tertiary alicyclic amines) is 1. The molecule has 0 saturated carbocycles. The van der Waals surface area contributed by atoms with Crippen molar-refractivity contribution in [3.05, 3.63) is 135 Å². The molecule has 5 aromatic rings. The van der Waals surface area contributed by atoms with E-state index in [-0.39, 0.29) is 36.9 Å². The Morgan fingerprint density at radius 3 is 1.97 bits per heavy atom. The molecule has 0 aliphatic carbocycles. The molecule has 4 N–H and O–H groups in total. The van der Waals surface area contributed by atoms with E-state index in [0.717, 1.165) is 61.8 Å². The molecule has 12 nitrogen and oxygen atoms in total. The van der Waals surface area contributed by atoms with Gasteiger partial charge in [0.05, 0.1) is 16.5 Å². The van der Waals surface area contributed by atoms with Gasteiger partial charge in [-0.1, -0.05) is 67.6 Å². The molecule has 4 aromatic carbocycles. The molecule has 1 aromatic heterocycles. The molecule has 0 radical (unpaired) electrons. The maximum absolute atomic E-state index is 14.5. The van der Waals surface area contributed by atoms with E-state index in [4.69, 9.17) is 20.4 Å². The van der Waals surface area contributed by atoms with Crippen LogP contribution >= 0.6 is 0 Å². The number of nitrogens with zero attached hydrogens (tertiary/aromatic N) is 4. The van der Waals surface area contributed by atoms with Crippen molar-refractivity contribution in [2.24, 2.45) is 0 Å². The number of aliphatic carboxylic acids is 2. The number of carboxylic acids is 2. The van der Waals surface area contributed by atoms with E-state index in [1.54, 1.807) is 28.8 Å². The van der Waals surface area contributed by atoms with E-state index in [1.807, 2.05) is 29.2 Å². The fraction of sp³-hybridized carbons (Fsp3) is 0.326. The number of hydrogen-bond donors (Lipinski definition) is 4. The molecule has 6 rings (SSSR count).